The summed E-state index contributed by atoms with van der Waals surface area (Å²) in [7, 11) is -5.60. The minimum Gasteiger partial charge on any atom is -0.416 e. The van der Waals surface area contributed by atoms with Crippen molar-refractivity contribution in [2.24, 2.45) is 0 Å². The largest absolute Gasteiger partial charge is 0.416 e. The van der Waals surface area contributed by atoms with Gasteiger partial charge in [0.1, 0.15) is 0 Å². The Morgan fingerprint density at radius 1 is 1.27 bits per heavy atom. The molecule has 0 bridgehead atoms. The number of rotatable bonds is 6. The molecule has 0 N–H and O–H groups in total. The molecule has 1 rings (SSSR count). The summed E-state index contributed by atoms with van der Waals surface area (Å²) < 4.78 is 30.4. The minimum atomic E-state index is -3.59. The molecule has 0 radical (unpaired) electrons. The Balaban J connectivity index is 2.81. The molecular weight excluding hydrogens is 322 g/mol. The Morgan fingerprint density at radius 3 is 2.36 bits per heavy atom. The molecule has 0 spiro atoms. The highest BCUT2D eigenvalue weighted by atomic mass is 32.2. The highest BCUT2D eigenvalue weighted by Crippen LogP contribution is 2.36. The van der Waals surface area contributed by atoms with Gasteiger partial charge in [0, 0.05) is 18.7 Å². The topological polar surface area (TPSA) is 86.5 Å². The van der Waals surface area contributed by atoms with Crippen molar-refractivity contribution in [1.29, 1.82) is 0 Å². The zero-order valence-corrected chi connectivity index (χ0v) is 15.4. The number of benzene rings is 1. The number of hydrogen-bond acceptors (Lipinski definition) is 5. The zero-order valence-electron chi connectivity index (χ0n) is 13.6. The molecule has 1 aromatic rings. The summed E-state index contributed by atoms with van der Waals surface area (Å²) in [4.78, 5) is 10.1. The predicted octanol–water partition coefficient (Wildman–Crippen LogP) is 3.39. The smallest absolute Gasteiger partial charge is 0.270 e. The van der Waals surface area contributed by atoms with E-state index in [0.717, 1.165) is 6.07 Å². The maximum Gasteiger partial charge on any atom is 0.270 e. The second-order valence-electron chi connectivity index (χ2n) is 6.68. The second-order valence-corrected chi connectivity index (χ2v) is 13.6. The maximum absolute atomic E-state index is 12.3. The second kappa shape index (κ2) is 6.47. The highest BCUT2D eigenvalue weighted by Gasteiger charge is 2.37. The van der Waals surface area contributed by atoms with E-state index in [4.69, 9.17) is 4.43 Å². The molecule has 6 nitrogen and oxygen atoms in total. The van der Waals surface area contributed by atoms with Crippen molar-refractivity contribution < 1.29 is 17.8 Å². The van der Waals surface area contributed by atoms with Gasteiger partial charge in [-0.2, -0.15) is 0 Å². The van der Waals surface area contributed by atoms with Gasteiger partial charge in [-0.3, -0.25) is 10.1 Å². The van der Waals surface area contributed by atoms with Crippen LogP contribution in [-0.4, -0.2) is 34.0 Å². The standard InChI is InChI=1S/C14H23NO5SSi/c1-14(2,3)22(4,5)20-9-10-21(18,19)13-8-6-7-12(11-13)15(16)17/h6-8,11H,9-10H2,1-5H3. The van der Waals surface area contributed by atoms with Crippen LogP contribution in [0.2, 0.25) is 18.1 Å². The summed E-state index contributed by atoms with van der Waals surface area (Å²) in [5, 5.41) is 10.7. The molecule has 8 heteroatoms. The third-order valence-electron chi connectivity index (χ3n) is 4.01. The van der Waals surface area contributed by atoms with Gasteiger partial charge in [0.15, 0.2) is 18.2 Å². The fraction of sp³-hybridized carbons (Fsp3) is 0.571. The van der Waals surface area contributed by atoms with Crippen molar-refractivity contribution in [2.45, 2.75) is 43.8 Å². The summed E-state index contributed by atoms with van der Waals surface area (Å²) in [6.07, 6.45) is 0. The third kappa shape index (κ3) is 4.62. The van der Waals surface area contributed by atoms with Crippen molar-refractivity contribution in [3.8, 4) is 0 Å². The van der Waals surface area contributed by atoms with Crippen LogP contribution in [0.4, 0.5) is 5.69 Å². The van der Waals surface area contributed by atoms with E-state index in [1.165, 1.54) is 18.2 Å². The number of non-ortho nitro benzene ring substituents is 1. The van der Waals surface area contributed by atoms with Crippen molar-refractivity contribution in [3.05, 3.63) is 34.4 Å². The van der Waals surface area contributed by atoms with Crippen molar-refractivity contribution in [3.63, 3.8) is 0 Å². The van der Waals surface area contributed by atoms with Crippen LogP contribution in [0, 0.1) is 10.1 Å². The quantitative estimate of drug-likeness (QED) is 0.448. The Labute approximate surface area is 132 Å². The van der Waals surface area contributed by atoms with Crippen LogP contribution in [0.3, 0.4) is 0 Å². The van der Waals surface area contributed by atoms with E-state index in [-0.39, 0.29) is 28.0 Å². The molecule has 0 unspecified atom stereocenters. The molecule has 124 valence electrons. The first-order chi connectivity index (χ1) is 9.87. The van der Waals surface area contributed by atoms with Crippen molar-refractivity contribution >= 4 is 23.8 Å². The van der Waals surface area contributed by atoms with Gasteiger partial charge >= 0.3 is 0 Å². The van der Waals surface area contributed by atoms with E-state index < -0.39 is 23.1 Å². The molecule has 0 aliphatic heterocycles. The van der Waals surface area contributed by atoms with E-state index in [1.807, 2.05) is 13.1 Å². The van der Waals surface area contributed by atoms with Gasteiger partial charge < -0.3 is 4.43 Å². The van der Waals surface area contributed by atoms with E-state index in [0.29, 0.717) is 0 Å². The van der Waals surface area contributed by atoms with E-state index in [1.54, 1.807) is 0 Å². The molecule has 0 fully saturated rings. The molecule has 0 saturated carbocycles. The lowest BCUT2D eigenvalue weighted by molar-refractivity contribution is -0.385. The molecule has 22 heavy (non-hydrogen) atoms. The molecule has 0 amide bonds. The molecular formula is C14H23NO5SSi. The zero-order chi connectivity index (χ0) is 17.2. The molecule has 0 saturated heterocycles. The van der Waals surface area contributed by atoms with E-state index >= 15 is 0 Å². The highest BCUT2D eigenvalue weighted by molar-refractivity contribution is 7.91. The lowest BCUT2D eigenvalue weighted by Gasteiger charge is -2.36. The van der Waals surface area contributed by atoms with Crippen LogP contribution in [0.25, 0.3) is 0 Å². The Kier molecular flexibility index (Phi) is 5.53. The van der Waals surface area contributed by atoms with Gasteiger partial charge in [-0.15, -0.1) is 0 Å². The van der Waals surface area contributed by atoms with Crippen LogP contribution < -0.4 is 0 Å². The summed E-state index contributed by atoms with van der Waals surface area (Å²) in [6, 6.07) is 5.10. The lowest BCUT2D eigenvalue weighted by atomic mass is 10.2. The number of hydrogen-bond donors (Lipinski definition) is 0. The number of nitro groups is 1. The Hall–Kier alpha value is -1.25. The van der Waals surface area contributed by atoms with Crippen LogP contribution in [-0.2, 0) is 14.3 Å². The van der Waals surface area contributed by atoms with Crippen LogP contribution in [0.1, 0.15) is 20.8 Å². The molecule has 0 aromatic heterocycles. The van der Waals surface area contributed by atoms with Gasteiger partial charge in [-0.25, -0.2) is 8.42 Å². The molecule has 0 atom stereocenters. The van der Waals surface area contributed by atoms with Crippen LogP contribution in [0.5, 0.6) is 0 Å². The molecule has 1 aromatic carbocycles. The Bertz CT molecular complexity index is 649. The molecule has 0 aliphatic rings. The van der Waals surface area contributed by atoms with Crippen molar-refractivity contribution in [2.75, 3.05) is 12.4 Å². The summed E-state index contributed by atoms with van der Waals surface area (Å²) >= 11 is 0. The predicted molar refractivity (Wildman–Crippen MR) is 88.3 cm³/mol. The van der Waals surface area contributed by atoms with Crippen LogP contribution in [0.15, 0.2) is 29.2 Å². The summed E-state index contributed by atoms with van der Waals surface area (Å²) in [5.41, 5.74) is -0.230. The lowest BCUT2D eigenvalue weighted by Crippen LogP contribution is -2.41. The average Bonchev–Trinajstić information content (AvgIpc) is 2.37. The average molecular weight is 345 g/mol. The fourth-order valence-electron chi connectivity index (χ4n) is 1.53. The van der Waals surface area contributed by atoms with Gasteiger partial charge in [0.25, 0.3) is 5.69 Å². The van der Waals surface area contributed by atoms with E-state index in [2.05, 4.69) is 20.8 Å². The van der Waals surface area contributed by atoms with Gasteiger partial charge in [-0.1, -0.05) is 26.8 Å². The first-order valence-electron chi connectivity index (χ1n) is 6.98. The first kappa shape index (κ1) is 18.8. The normalized spacial score (nSPS) is 13.1. The monoisotopic (exact) mass is 345 g/mol. The van der Waals surface area contributed by atoms with Crippen molar-refractivity contribution in [1.82, 2.24) is 0 Å². The number of nitrogens with zero attached hydrogens (tertiary/aromatic N) is 1. The minimum absolute atomic E-state index is 0.00228. The van der Waals surface area contributed by atoms with E-state index in [9.17, 15) is 18.5 Å². The number of sulfone groups is 1. The maximum atomic E-state index is 12.3. The van der Waals surface area contributed by atoms with Gasteiger partial charge in [0.2, 0.25) is 0 Å². The van der Waals surface area contributed by atoms with Gasteiger partial charge in [0.05, 0.1) is 15.6 Å². The molecule has 0 aliphatic carbocycles. The molecule has 0 heterocycles. The Morgan fingerprint density at radius 2 is 1.86 bits per heavy atom. The van der Waals surface area contributed by atoms with Crippen LogP contribution >= 0.6 is 0 Å². The first-order valence-corrected chi connectivity index (χ1v) is 11.5. The summed E-state index contributed by atoms with van der Waals surface area (Å²) in [5.74, 6) is -0.180. The summed E-state index contributed by atoms with van der Waals surface area (Å²) in [6.45, 7) is 10.4. The fourth-order valence-corrected chi connectivity index (χ4v) is 3.85. The SMILES string of the molecule is CC(C)(C)[Si](C)(C)OCCS(=O)(=O)c1cccc([N+](=O)[O-])c1. The van der Waals surface area contributed by atoms with Gasteiger partial charge in [-0.05, 0) is 24.2 Å². The number of nitro benzene ring substituents is 1. The third-order valence-corrected chi connectivity index (χ3v) is 10.2.